The molecule has 0 aliphatic heterocycles. The van der Waals surface area contributed by atoms with Crippen molar-refractivity contribution in [3.8, 4) is 44.5 Å². The molecule has 0 radical (unpaired) electrons. The van der Waals surface area contributed by atoms with Gasteiger partial charge in [0.1, 0.15) is 22.3 Å². The highest BCUT2D eigenvalue weighted by molar-refractivity contribution is 6.32. The molecule has 0 unspecified atom stereocenters. The van der Waals surface area contributed by atoms with Gasteiger partial charge < -0.3 is 18.6 Å². The fourth-order valence-electron chi connectivity index (χ4n) is 11.7. The van der Waals surface area contributed by atoms with Gasteiger partial charge in [-0.25, -0.2) is 0 Å². The van der Waals surface area contributed by atoms with Crippen molar-refractivity contribution in [2.45, 2.75) is 0 Å². The fourth-order valence-corrected chi connectivity index (χ4v) is 11.7. The van der Waals surface area contributed by atoms with Crippen molar-refractivity contribution in [1.82, 2.24) is 0 Å². The van der Waals surface area contributed by atoms with Crippen LogP contribution in [0.2, 0.25) is 0 Å². The molecule has 4 heteroatoms. The summed E-state index contributed by atoms with van der Waals surface area (Å²) in [4.78, 5) is 4.73. The molecule has 15 rings (SSSR count). The molecule has 0 N–H and O–H groups in total. The number of hydrogen-bond acceptors (Lipinski definition) is 4. The molecule has 0 spiro atoms. The summed E-state index contributed by atoms with van der Waals surface area (Å²) in [6.07, 6.45) is 0. The molecule has 13 aromatic carbocycles. The quantitative estimate of drug-likeness (QED) is 0.137. The Hall–Kier alpha value is -10.4. The minimum atomic E-state index is 0.771. The van der Waals surface area contributed by atoms with E-state index in [0.717, 1.165) is 122 Å². The summed E-state index contributed by atoms with van der Waals surface area (Å²) in [6.45, 7) is 0. The SMILES string of the molecule is c1ccc(-c2ccc(N(c3ccc(-c4ccccc4)cc3)c3cc4oc5c(ccc6oc7cc(N(c8ccc(-c9ccccc9)cc8)c8ccc(-c9ccccc9)cc8)c8ccccc8c7c65)c4c4ccccc34)cc2)cc1. The summed E-state index contributed by atoms with van der Waals surface area (Å²) in [5.41, 5.74) is 18.7. The van der Waals surface area contributed by atoms with Gasteiger partial charge in [0.05, 0.1) is 16.8 Å². The Balaban J connectivity index is 0.919. The Morgan fingerprint density at radius 1 is 0.205 bits per heavy atom. The van der Waals surface area contributed by atoms with Gasteiger partial charge in [-0.05, 0) is 116 Å². The number of furan rings is 2. The third-order valence-electron chi connectivity index (χ3n) is 15.5. The maximum absolute atomic E-state index is 7.32. The van der Waals surface area contributed by atoms with Gasteiger partial charge in [0.2, 0.25) is 0 Å². The first kappa shape index (κ1) is 45.0. The van der Waals surface area contributed by atoms with E-state index in [2.05, 4.69) is 301 Å². The fraction of sp³-hybridized carbons (Fsp3) is 0. The lowest BCUT2D eigenvalue weighted by Gasteiger charge is -2.27. The minimum Gasteiger partial charge on any atom is -0.456 e. The van der Waals surface area contributed by atoms with Gasteiger partial charge in [0.15, 0.2) is 0 Å². The van der Waals surface area contributed by atoms with E-state index in [1.165, 1.54) is 22.3 Å². The van der Waals surface area contributed by atoms with Crippen molar-refractivity contribution in [2.24, 2.45) is 0 Å². The summed E-state index contributed by atoms with van der Waals surface area (Å²) in [7, 11) is 0. The van der Waals surface area contributed by atoms with Gasteiger partial charge in [-0.15, -0.1) is 0 Å². The first-order chi connectivity index (χ1) is 38.7. The first-order valence-corrected chi connectivity index (χ1v) is 26.6. The monoisotopic (exact) mass is 996 g/mol. The lowest BCUT2D eigenvalue weighted by Crippen LogP contribution is -2.10. The van der Waals surface area contributed by atoms with E-state index in [-0.39, 0.29) is 0 Å². The molecule has 0 bridgehead atoms. The van der Waals surface area contributed by atoms with Crippen molar-refractivity contribution in [3.05, 3.63) is 291 Å². The van der Waals surface area contributed by atoms with Gasteiger partial charge in [-0.2, -0.15) is 0 Å². The van der Waals surface area contributed by atoms with Gasteiger partial charge in [0, 0.05) is 61.8 Å². The zero-order valence-corrected chi connectivity index (χ0v) is 42.4. The van der Waals surface area contributed by atoms with Crippen molar-refractivity contribution in [1.29, 1.82) is 0 Å². The molecule has 2 aromatic heterocycles. The zero-order valence-electron chi connectivity index (χ0n) is 42.4. The summed E-state index contributed by atoms with van der Waals surface area (Å²) in [5, 5.41) is 8.51. The number of rotatable bonds is 10. The lowest BCUT2D eigenvalue weighted by molar-refractivity contribution is 0.663. The molecule has 366 valence electrons. The van der Waals surface area contributed by atoms with E-state index in [9.17, 15) is 0 Å². The van der Waals surface area contributed by atoms with Crippen LogP contribution in [0.3, 0.4) is 0 Å². The second-order valence-electron chi connectivity index (χ2n) is 20.0. The van der Waals surface area contributed by atoms with Crippen LogP contribution in [0.25, 0.3) is 110 Å². The molecule has 78 heavy (non-hydrogen) atoms. The summed E-state index contributed by atoms with van der Waals surface area (Å²) in [6, 6.07) is 104. The van der Waals surface area contributed by atoms with E-state index in [1.807, 2.05) is 0 Å². The van der Waals surface area contributed by atoms with E-state index >= 15 is 0 Å². The van der Waals surface area contributed by atoms with Gasteiger partial charge in [-0.1, -0.05) is 218 Å². The van der Waals surface area contributed by atoms with Crippen LogP contribution in [0.5, 0.6) is 0 Å². The predicted molar refractivity (Wildman–Crippen MR) is 327 cm³/mol. The Kier molecular flexibility index (Phi) is 10.8. The number of anilines is 6. The molecule has 0 aliphatic carbocycles. The highest BCUT2D eigenvalue weighted by atomic mass is 16.3. The molecule has 0 saturated heterocycles. The topological polar surface area (TPSA) is 32.8 Å². The van der Waals surface area contributed by atoms with Crippen LogP contribution >= 0.6 is 0 Å². The van der Waals surface area contributed by atoms with Crippen LogP contribution < -0.4 is 9.80 Å². The number of fused-ring (bicyclic) bond motifs is 11. The molecule has 2 heterocycles. The number of hydrogen-bond donors (Lipinski definition) is 0. The van der Waals surface area contributed by atoms with Crippen LogP contribution in [0.4, 0.5) is 34.1 Å². The maximum Gasteiger partial charge on any atom is 0.147 e. The van der Waals surface area contributed by atoms with Crippen molar-refractivity contribution in [2.75, 3.05) is 9.80 Å². The largest absolute Gasteiger partial charge is 0.456 e. The van der Waals surface area contributed by atoms with E-state index in [4.69, 9.17) is 8.83 Å². The van der Waals surface area contributed by atoms with Gasteiger partial charge in [0.25, 0.3) is 0 Å². The number of benzene rings is 13. The van der Waals surface area contributed by atoms with E-state index in [0.29, 0.717) is 0 Å². The summed E-state index contributed by atoms with van der Waals surface area (Å²) in [5.74, 6) is 0. The van der Waals surface area contributed by atoms with Gasteiger partial charge in [-0.3, -0.25) is 0 Å². The third kappa shape index (κ3) is 7.69. The van der Waals surface area contributed by atoms with E-state index < -0.39 is 0 Å². The van der Waals surface area contributed by atoms with Crippen LogP contribution in [0.15, 0.2) is 300 Å². The maximum atomic E-state index is 7.32. The Labute approximate surface area is 451 Å². The molecular formula is C74H48N2O2. The second kappa shape index (κ2) is 18.7. The van der Waals surface area contributed by atoms with Crippen LogP contribution in [0, 0.1) is 0 Å². The Morgan fingerprint density at radius 2 is 0.513 bits per heavy atom. The molecule has 0 fully saturated rings. The molecular weight excluding hydrogens is 949 g/mol. The van der Waals surface area contributed by atoms with Crippen molar-refractivity contribution < 1.29 is 8.83 Å². The lowest BCUT2D eigenvalue weighted by atomic mass is 9.98. The zero-order chi connectivity index (χ0) is 51.5. The Bertz CT molecular complexity index is 4500. The summed E-state index contributed by atoms with van der Waals surface area (Å²) < 4.78 is 14.4. The highest BCUT2D eigenvalue weighted by Gasteiger charge is 2.26. The number of nitrogens with zero attached hydrogens (tertiary/aromatic N) is 2. The second-order valence-corrected chi connectivity index (χ2v) is 20.0. The standard InChI is InChI=1S/C74H48N2O2/c1-5-17-49(18-6-1)53-29-37-57(38-30-53)75(58-39-31-54(32-40-58)50-19-7-2-8-20-50)66-47-69-71(63-27-15-13-25-61(63)66)65-45-46-68-73(74(65)78-69)72-64-28-16-14-26-62(64)67(48-70(72)77-68)76(59-41-33-55(34-42-59)51-21-9-3-10-22-51)60-43-35-56(36-44-60)52-23-11-4-12-24-52/h1-48H. The van der Waals surface area contributed by atoms with E-state index in [1.54, 1.807) is 0 Å². The van der Waals surface area contributed by atoms with Gasteiger partial charge >= 0.3 is 0 Å². The van der Waals surface area contributed by atoms with Crippen LogP contribution in [-0.4, -0.2) is 0 Å². The van der Waals surface area contributed by atoms with Crippen LogP contribution in [0.1, 0.15) is 0 Å². The molecule has 0 amide bonds. The van der Waals surface area contributed by atoms with Crippen molar-refractivity contribution in [3.63, 3.8) is 0 Å². The first-order valence-electron chi connectivity index (χ1n) is 26.6. The molecule has 4 nitrogen and oxygen atoms in total. The smallest absolute Gasteiger partial charge is 0.147 e. The molecule has 0 aliphatic rings. The summed E-state index contributed by atoms with van der Waals surface area (Å²) >= 11 is 0. The average Bonchev–Trinajstić information content (AvgIpc) is 4.00. The third-order valence-corrected chi connectivity index (χ3v) is 15.5. The molecule has 0 saturated carbocycles. The minimum absolute atomic E-state index is 0.771. The normalized spacial score (nSPS) is 11.6. The predicted octanol–water partition coefficient (Wildman–Crippen LogP) is 21.4. The molecule has 0 atom stereocenters. The Morgan fingerprint density at radius 3 is 0.885 bits per heavy atom. The molecule has 15 aromatic rings. The average molecular weight is 997 g/mol. The highest BCUT2D eigenvalue weighted by Crippen LogP contribution is 2.50. The van der Waals surface area contributed by atoms with Crippen molar-refractivity contribution >= 4 is 99.5 Å². The van der Waals surface area contributed by atoms with Crippen LogP contribution in [-0.2, 0) is 0 Å².